The summed E-state index contributed by atoms with van der Waals surface area (Å²) in [6.45, 7) is 5.92. The number of urea groups is 1. The van der Waals surface area contributed by atoms with Crippen LogP contribution in [0.3, 0.4) is 0 Å². The van der Waals surface area contributed by atoms with Crippen LogP contribution in [-0.4, -0.2) is 51.0 Å². The van der Waals surface area contributed by atoms with Gasteiger partial charge < -0.3 is 19.5 Å². The van der Waals surface area contributed by atoms with Crippen LogP contribution in [-0.2, 0) is 25.7 Å². The Kier molecular flexibility index (Phi) is 12.6. The second-order valence-corrected chi connectivity index (χ2v) is 12.4. The van der Waals surface area contributed by atoms with Crippen LogP contribution in [0.4, 0.5) is 16.2 Å². The first-order chi connectivity index (χ1) is 24.7. The lowest BCUT2D eigenvalue weighted by molar-refractivity contribution is -0.150. The fourth-order valence-corrected chi connectivity index (χ4v) is 5.45. The Morgan fingerprint density at radius 2 is 1.51 bits per heavy atom. The molecule has 2 amide bonds. The standard InChI is InChI=1S/C38H38N6O6S/c1-25-10-16-31(17-11-25)44-23-39-36(43-44)29-12-14-30(15-13-29)40-37(47)42-38(41-35-26(2)20-32(48-4)21-27(35)3)51-24-50-34(46)19-18-33(45)49-22-28-8-6-5-7-9-28/h5-17,20-21,23H,18-19,22,24H2,1-4H3,(H2,40,41,42,47). The van der Waals surface area contributed by atoms with Crippen molar-refractivity contribution in [1.29, 1.82) is 0 Å². The maximum Gasteiger partial charge on any atom is 0.325 e. The lowest BCUT2D eigenvalue weighted by Crippen LogP contribution is -2.33. The third kappa shape index (κ3) is 10.8. The van der Waals surface area contributed by atoms with E-state index in [0.717, 1.165) is 45.3 Å². The highest BCUT2D eigenvalue weighted by atomic mass is 32.2. The molecule has 12 nitrogen and oxygen atoms in total. The number of ether oxygens (including phenoxy) is 3. The van der Waals surface area contributed by atoms with Crippen molar-refractivity contribution < 1.29 is 28.6 Å². The van der Waals surface area contributed by atoms with Gasteiger partial charge >= 0.3 is 18.0 Å². The van der Waals surface area contributed by atoms with E-state index < -0.39 is 18.0 Å². The lowest BCUT2D eigenvalue weighted by Gasteiger charge is -2.13. The molecule has 0 aliphatic carbocycles. The van der Waals surface area contributed by atoms with E-state index in [1.807, 2.05) is 99.6 Å². The van der Waals surface area contributed by atoms with Crippen molar-refractivity contribution in [3.63, 3.8) is 0 Å². The van der Waals surface area contributed by atoms with Crippen LogP contribution in [0.15, 0.2) is 102 Å². The number of carbonyl (C=O) groups excluding carboxylic acids is 3. The molecule has 0 fully saturated rings. The number of aromatic nitrogens is 3. The second kappa shape index (κ2) is 17.6. The number of amidine groups is 1. The van der Waals surface area contributed by atoms with E-state index in [-0.39, 0.29) is 30.6 Å². The topological polar surface area (TPSA) is 146 Å². The zero-order valence-electron chi connectivity index (χ0n) is 28.7. The van der Waals surface area contributed by atoms with Crippen molar-refractivity contribution in [2.45, 2.75) is 40.2 Å². The highest BCUT2D eigenvalue weighted by Crippen LogP contribution is 2.29. The van der Waals surface area contributed by atoms with Crippen LogP contribution in [0.25, 0.3) is 17.1 Å². The van der Waals surface area contributed by atoms with Crippen LogP contribution in [0.2, 0.25) is 0 Å². The van der Waals surface area contributed by atoms with Gasteiger partial charge in [-0.05, 0) is 97.8 Å². The summed E-state index contributed by atoms with van der Waals surface area (Å²) in [5.41, 5.74) is 6.50. The van der Waals surface area contributed by atoms with Gasteiger partial charge in [-0.3, -0.25) is 14.9 Å². The number of amides is 2. The van der Waals surface area contributed by atoms with Crippen LogP contribution >= 0.6 is 11.8 Å². The van der Waals surface area contributed by atoms with Crippen molar-refractivity contribution in [2.24, 2.45) is 4.99 Å². The van der Waals surface area contributed by atoms with Crippen molar-refractivity contribution in [1.82, 2.24) is 20.1 Å². The molecule has 262 valence electrons. The molecule has 0 spiro atoms. The molecule has 0 aliphatic heterocycles. The van der Waals surface area contributed by atoms with E-state index in [1.54, 1.807) is 30.3 Å². The largest absolute Gasteiger partial charge is 0.497 e. The van der Waals surface area contributed by atoms with E-state index in [2.05, 4.69) is 20.7 Å². The van der Waals surface area contributed by atoms with Crippen LogP contribution in [0.5, 0.6) is 5.75 Å². The van der Waals surface area contributed by atoms with Gasteiger partial charge in [0.1, 0.15) is 24.6 Å². The molecule has 2 N–H and O–H groups in total. The Morgan fingerprint density at radius 1 is 0.843 bits per heavy atom. The lowest BCUT2D eigenvalue weighted by atomic mass is 10.1. The Balaban J connectivity index is 1.18. The summed E-state index contributed by atoms with van der Waals surface area (Å²) in [4.78, 5) is 46.8. The Labute approximate surface area is 300 Å². The minimum absolute atomic E-state index is 0.119. The number of benzene rings is 4. The molecule has 1 aromatic heterocycles. The molecule has 5 aromatic rings. The quantitative estimate of drug-likeness (QED) is 0.0585. The molecular weight excluding hydrogens is 669 g/mol. The average Bonchev–Trinajstić information content (AvgIpc) is 3.62. The predicted molar refractivity (Wildman–Crippen MR) is 197 cm³/mol. The first-order valence-electron chi connectivity index (χ1n) is 16.1. The van der Waals surface area contributed by atoms with Gasteiger partial charge in [0.05, 0.1) is 31.3 Å². The normalized spacial score (nSPS) is 11.1. The van der Waals surface area contributed by atoms with E-state index in [9.17, 15) is 14.4 Å². The number of nitrogens with zero attached hydrogens (tertiary/aromatic N) is 4. The summed E-state index contributed by atoms with van der Waals surface area (Å²) in [6, 6.07) is 27.5. The Morgan fingerprint density at radius 3 is 2.18 bits per heavy atom. The van der Waals surface area contributed by atoms with Gasteiger partial charge in [0, 0.05) is 11.3 Å². The maximum absolute atomic E-state index is 13.1. The van der Waals surface area contributed by atoms with Crippen LogP contribution in [0, 0.1) is 20.8 Å². The van der Waals surface area contributed by atoms with Gasteiger partial charge in [-0.1, -0.05) is 48.0 Å². The maximum atomic E-state index is 13.1. The summed E-state index contributed by atoms with van der Waals surface area (Å²) in [5, 5.41) is 10.3. The van der Waals surface area contributed by atoms with E-state index in [0.29, 0.717) is 22.9 Å². The SMILES string of the molecule is COc1cc(C)c(N=C(NC(=O)Nc2ccc(-c3ncn(-c4ccc(C)cc4)n3)cc2)SCOC(=O)CCC(=O)OCc2ccccc2)c(C)c1. The minimum Gasteiger partial charge on any atom is -0.497 e. The number of aliphatic imine (C=N–C) groups is 1. The number of methoxy groups -OCH3 is 1. The van der Waals surface area contributed by atoms with Crippen molar-refractivity contribution in [3.05, 3.63) is 120 Å². The van der Waals surface area contributed by atoms with Gasteiger partial charge in [0.25, 0.3) is 0 Å². The molecule has 0 aliphatic rings. The number of esters is 2. The predicted octanol–water partition coefficient (Wildman–Crippen LogP) is 7.43. The zero-order chi connectivity index (χ0) is 36.2. The van der Waals surface area contributed by atoms with E-state index >= 15 is 0 Å². The van der Waals surface area contributed by atoms with Crippen molar-refractivity contribution in [2.75, 3.05) is 18.4 Å². The van der Waals surface area contributed by atoms with Crippen LogP contribution < -0.4 is 15.4 Å². The van der Waals surface area contributed by atoms with E-state index in [1.165, 1.54) is 0 Å². The number of hydrogen-bond acceptors (Lipinski definition) is 10. The Hall–Kier alpha value is -5.95. The molecular formula is C38H38N6O6S. The first kappa shape index (κ1) is 36.3. The third-order valence-electron chi connectivity index (χ3n) is 7.52. The van der Waals surface area contributed by atoms with Crippen molar-refractivity contribution in [3.8, 4) is 22.8 Å². The van der Waals surface area contributed by atoms with Gasteiger partial charge in [0.2, 0.25) is 0 Å². The minimum atomic E-state index is -0.585. The number of nitrogens with one attached hydrogen (secondary N) is 2. The number of rotatable bonds is 12. The van der Waals surface area contributed by atoms with Crippen molar-refractivity contribution >= 4 is 46.3 Å². The molecule has 4 aromatic carbocycles. The van der Waals surface area contributed by atoms with Gasteiger partial charge in [-0.25, -0.2) is 19.5 Å². The molecule has 0 saturated carbocycles. The molecule has 5 rings (SSSR count). The molecule has 0 bridgehead atoms. The number of aryl methyl sites for hydroxylation is 3. The third-order valence-corrected chi connectivity index (χ3v) is 8.22. The fourth-order valence-electron chi connectivity index (χ4n) is 4.83. The average molecular weight is 707 g/mol. The molecule has 13 heteroatoms. The molecule has 1 heterocycles. The monoisotopic (exact) mass is 706 g/mol. The Bertz CT molecular complexity index is 1970. The molecule has 0 unspecified atom stereocenters. The molecule has 0 atom stereocenters. The highest BCUT2D eigenvalue weighted by molar-refractivity contribution is 8.13. The van der Waals surface area contributed by atoms with Gasteiger partial charge in [0.15, 0.2) is 11.0 Å². The summed E-state index contributed by atoms with van der Waals surface area (Å²) >= 11 is 1.02. The fraction of sp³-hybridized carbons (Fsp3) is 0.211. The smallest absolute Gasteiger partial charge is 0.325 e. The number of anilines is 1. The number of carbonyl (C=O) groups is 3. The first-order valence-corrected chi connectivity index (χ1v) is 17.0. The molecule has 0 saturated heterocycles. The molecule has 0 radical (unpaired) electrons. The number of hydrogen-bond donors (Lipinski definition) is 2. The number of thioether (sulfide) groups is 1. The summed E-state index contributed by atoms with van der Waals surface area (Å²) < 4.78 is 17.6. The summed E-state index contributed by atoms with van der Waals surface area (Å²) in [6.07, 6.45) is 1.39. The highest BCUT2D eigenvalue weighted by Gasteiger charge is 2.15. The molecule has 51 heavy (non-hydrogen) atoms. The zero-order valence-corrected chi connectivity index (χ0v) is 29.5. The van der Waals surface area contributed by atoms with Crippen LogP contribution in [0.1, 0.15) is 35.1 Å². The van der Waals surface area contributed by atoms with Gasteiger partial charge in [-0.2, -0.15) is 0 Å². The van der Waals surface area contributed by atoms with Gasteiger partial charge in [-0.15, -0.1) is 5.10 Å². The second-order valence-electron chi connectivity index (χ2n) is 11.5. The summed E-state index contributed by atoms with van der Waals surface area (Å²) in [7, 11) is 1.59. The van der Waals surface area contributed by atoms with E-state index in [4.69, 9.17) is 19.2 Å². The summed E-state index contributed by atoms with van der Waals surface area (Å²) in [5.74, 6) is -0.0157.